The number of hydrogen-bond acceptors (Lipinski definition) is 2. The normalized spacial score (nSPS) is 11.7. The van der Waals surface area contributed by atoms with Gasteiger partial charge in [0.05, 0.1) is 0 Å². The van der Waals surface area contributed by atoms with Crippen molar-refractivity contribution in [3.8, 4) is 5.75 Å². The fourth-order valence-corrected chi connectivity index (χ4v) is 2.75. The van der Waals surface area contributed by atoms with Crippen molar-refractivity contribution in [3.05, 3.63) is 102 Å². The summed E-state index contributed by atoms with van der Waals surface area (Å²) in [5.74, 6) is 0.564. The molecule has 24 heavy (non-hydrogen) atoms. The Kier molecular flexibility index (Phi) is 5.41. The van der Waals surface area contributed by atoms with E-state index in [1.807, 2.05) is 84.9 Å². The highest BCUT2D eigenvalue weighted by molar-refractivity contribution is 5.65. The largest absolute Gasteiger partial charge is 0.489 e. The highest BCUT2D eigenvalue weighted by Crippen LogP contribution is 2.28. The van der Waals surface area contributed by atoms with E-state index in [4.69, 9.17) is 4.74 Å². The van der Waals surface area contributed by atoms with Crippen LogP contribution >= 0.6 is 0 Å². The third kappa shape index (κ3) is 4.11. The summed E-state index contributed by atoms with van der Waals surface area (Å²) < 4.78 is 5.98. The minimum Gasteiger partial charge on any atom is -0.489 e. The molecule has 3 aromatic carbocycles. The highest BCUT2D eigenvalue weighted by Gasteiger charge is 2.16. The maximum Gasteiger partial charge on any atom is 0.127 e. The Bertz CT molecular complexity index is 766. The van der Waals surface area contributed by atoms with E-state index in [-0.39, 0.29) is 5.92 Å². The van der Waals surface area contributed by atoms with Gasteiger partial charge in [-0.2, -0.15) is 0 Å². The monoisotopic (exact) mass is 316 g/mol. The van der Waals surface area contributed by atoms with Gasteiger partial charge in [-0.15, -0.1) is 0 Å². The highest BCUT2D eigenvalue weighted by atomic mass is 16.5. The van der Waals surface area contributed by atoms with E-state index in [1.54, 1.807) is 0 Å². The van der Waals surface area contributed by atoms with Gasteiger partial charge in [-0.25, -0.2) is 0 Å². The Morgan fingerprint density at radius 2 is 1.33 bits per heavy atom. The molecule has 0 aromatic heterocycles. The first kappa shape index (κ1) is 16.0. The summed E-state index contributed by atoms with van der Waals surface area (Å²) in [4.78, 5) is 11.7. The first-order valence-electron chi connectivity index (χ1n) is 8.11. The molecule has 3 rings (SSSR count). The van der Waals surface area contributed by atoms with Gasteiger partial charge in [0, 0.05) is 11.5 Å². The van der Waals surface area contributed by atoms with E-state index in [0.29, 0.717) is 13.0 Å². The maximum atomic E-state index is 11.7. The molecule has 1 unspecified atom stereocenters. The van der Waals surface area contributed by atoms with E-state index >= 15 is 0 Å². The molecular formula is C22H20O2. The number of para-hydroxylation sites is 1. The summed E-state index contributed by atoms with van der Waals surface area (Å²) >= 11 is 0. The molecule has 0 saturated heterocycles. The topological polar surface area (TPSA) is 26.3 Å². The van der Waals surface area contributed by atoms with E-state index < -0.39 is 0 Å². The van der Waals surface area contributed by atoms with Crippen molar-refractivity contribution in [3.63, 3.8) is 0 Å². The Labute approximate surface area is 142 Å². The predicted octanol–water partition coefficient (Wildman–Crippen LogP) is 4.79. The standard InChI is InChI=1S/C22H20O2/c23-16-20(15-18-9-3-1-4-10-18)21-13-7-8-14-22(21)24-17-19-11-5-2-6-12-19/h1-14,16,20H,15,17H2. The van der Waals surface area contributed by atoms with Gasteiger partial charge in [0.15, 0.2) is 0 Å². The molecule has 3 aromatic rings. The van der Waals surface area contributed by atoms with E-state index in [1.165, 1.54) is 0 Å². The molecule has 0 aliphatic heterocycles. The number of ether oxygens (including phenoxy) is 1. The van der Waals surface area contributed by atoms with Crippen LogP contribution < -0.4 is 4.74 Å². The third-order valence-corrected chi connectivity index (χ3v) is 4.02. The average Bonchev–Trinajstić information content (AvgIpc) is 2.66. The van der Waals surface area contributed by atoms with E-state index in [2.05, 4.69) is 0 Å². The fraction of sp³-hybridized carbons (Fsp3) is 0.136. The Morgan fingerprint density at radius 3 is 2.00 bits per heavy atom. The Hall–Kier alpha value is -2.87. The lowest BCUT2D eigenvalue weighted by molar-refractivity contribution is -0.109. The van der Waals surface area contributed by atoms with E-state index in [0.717, 1.165) is 28.7 Å². The van der Waals surface area contributed by atoms with Crippen LogP contribution in [0.3, 0.4) is 0 Å². The van der Waals surface area contributed by atoms with Gasteiger partial charge in [-0.05, 0) is 23.6 Å². The summed E-state index contributed by atoms with van der Waals surface area (Å²) in [6.45, 7) is 0.495. The van der Waals surface area contributed by atoms with Crippen molar-refractivity contribution in [2.24, 2.45) is 0 Å². The van der Waals surface area contributed by atoms with Crippen LogP contribution in [0, 0.1) is 0 Å². The molecule has 2 heteroatoms. The molecule has 0 saturated carbocycles. The molecule has 1 atom stereocenters. The molecule has 0 N–H and O–H groups in total. The predicted molar refractivity (Wildman–Crippen MR) is 96.2 cm³/mol. The quantitative estimate of drug-likeness (QED) is 0.586. The zero-order chi connectivity index (χ0) is 16.6. The zero-order valence-corrected chi connectivity index (χ0v) is 13.5. The first-order chi connectivity index (χ1) is 11.9. The molecule has 2 nitrogen and oxygen atoms in total. The fourth-order valence-electron chi connectivity index (χ4n) is 2.75. The van der Waals surface area contributed by atoms with Gasteiger partial charge in [0.2, 0.25) is 0 Å². The van der Waals surface area contributed by atoms with Crippen LogP contribution in [0.15, 0.2) is 84.9 Å². The van der Waals surface area contributed by atoms with E-state index in [9.17, 15) is 4.79 Å². The van der Waals surface area contributed by atoms with Crippen molar-refractivity contribution < 1.29 is 9.53 Å². The van der Waals surface area contributed by atoms with Crippen molar-refractivity contribution in [2.45, 2.75) is 18.9 Å². The van der Waals surface area contributed by atoms with Crippen molar-refractivity contribution in [2.75, 3.05) is 0 Å². The minimum atomic E-state index is -0.209. The maximum absolute atomic E-state index is 11.7. The number of benzene rings is 3. The Morgan fingerprint density at radius 1 is 0.750 bits per heavy atom. The summed E-state index contributed by atoms with van der Waals surface area (Å²) in [5.41, 5.74) is 3.19. The van der Waals surface area contributed by atoms with Gasteiger partial charge in [-0.1, -0.05) is 78.9 Å². The SMILES string of the molecule is O=CC(Cc1ccccc1)c1ccccc1OCc1ccccc1. The van der Waals surface area contributed by atoms with Gasteiger partial charge >= 0.3 is 0 Å². The zero-order valence-electron chi connectivity index (χ0n) is 13.5. The van der Waals surface area contributed by atoms with Gasteiger partial charge < -0.3 is 9.53 Å². The summed E-state index contributed by atoms with van der Waals surface area (Å²) in [5, 5.41) is 0. The van der Waals surface area contributed by atoms with Crippen LogP contribution in [0.4, 0.5) is 0 Å². The van der Waals surface area contributed by atoms with Crippen molar-refractivity contribution in [1.82, 2.24) is 0 Å². The average molecular weight is 316 g/mol. The van der Waals surface area contributed by atoms with Crippen LogP contribution in [-0.4, -0.2) is 6.29 Å². The van der Waals surface area contributed by atoms with Crippen molar-refractivity contribution in [1.29, 1.82) is 0 Å². The molecule has 0 bridgehead atoms. The molecule has 120 valence electrons. The summed E-state index contributed by atoms with van der Waals surface area (Å²) in [6, 6.07) is 27.9. The molecule has 0 heterocycles. The molecule has 0 aliphatic carbocycles. The molecular weight excluding hydrogens is 296 g/mol. The molecule has 0 aliphatic rings. The molecule has 0 fully saturated rings. The lowest BCUT2D eigenvalue weighted by Gasteiger charge is -2.16. The summed E-state index contributed by atoms with van der Waals surface area (Å²) in [6.07, 6.45) is 1.69. The second-order valence-corrected chi connectivity index (χ2v) is 5.74. The second-order valence-electron chi connectivity index (χ2n) is 5.74. The van der Waals surface area contributed by atoms with Gasteiger partial charge in [0.25, 0.3) is 0 Å². The second kappa shape index (κ2) is 8.11. The van der Waals surface area contributed by atoms with Crippen LogP contribution in [-0.2, 0) is 17.8 Å². The number of carbonyl (C=O) groups is 1. The van der Waals surface area contributed by atoms with Crippen LogP contribution in [0.5, 0.6) is 5.75 Å². The molecule has 0 amide bonds. The number of hydrogen-bond donors (Lipinski definition) is 0. The minimum absolute atomic E-state index is 0.209. The van der Waals surface area contributed by atoms with Crippen molar-refractivity contribution >= 4 is 6.29 Å². The third-order valence-electron chi connectivity index (χ3n) is 4.02. The molecule has 0 radical (unpaired) electrons. The Balaban J connectivity index is 1.78. The van der Waals surface area contributed by atoms with Gasteiger partial charge in [-0.3, -0.25) is 0 Å². The van der Waals surface area contributed by atoms with Crippen LogP contribution in [0.2, 0.25) is 0 Å². The van der Waals surface area contributed by atoms with Crippen LogP contribution in [0.1, 0.15) is 22.6 Å². The summed E-state index contributed by atoms with van der Waals surface area (Å²) in [7, 11) is 0. The first-order valence-corrected chi connectivity index (χ1v) is 8.11. The number of aldehydes is 1. The lowest BCUT2D eigenvalue weighted by Crippen LogP contribution is -2.07. The number of rotatable bonds is 7. The smallest absolute Gasteiger partial charge is 0.127 e. The van der Waals surface area contributed by atoms with Crippen LogP contribution in [0.25, 0.3) is 0 Å². The molecule has 0 spiro atoms. The van der Waals surface area contributed by atoms with Gasteiger partial charge in [0.1, 0.15) is 18.6 Å². The number of carbonyl (C=O) groups excluding carboxylic acids is 1. The lowest BCUT2D eigenvalue weighted by atomic mass is 9.92.